The molecule has 5 nitrogen and oxygen atoms in total. The Labute approximate surface area is 101 Å². The maximum absolute atomic E-state index is 11.6. The van der Waals surface area contributed by atoms with Gasteiger partial charge in [-0.25, -0.2) is 0 Å². The van der Waals surface area contributed by atoms with E-state index in [1.807, 2.05) is 6.92 Å². The summed E-state index contributed by atoms with van der Waals surface area (Å²) in [6.45, 7) is 4.89. The summed E-state index contributed by atoms with van der Waals surface area (Å²) < 4.78 is 5.99. The van der Waals surface area contributed by atoms with Crippen molar-refractivity contribution in [2.45, 2.75) is 19.1 Å². The van der Waals surface area contributed by atoms with Crippen molar-refractivity contribution in [3.63, 3.8) is 0 Å². The maximum atomic E-state index is 11.6. The van der Waals surface area contributed by atoms with Crippen LogP contribution < -0.4 is 4.73 Å². The molecule has 0 unspecified atom stereocenters. The van der Waals surface area contributed by atoms with Crippen molar-refractivity contribution in [3.05, 3.63) is 35.3 Å². The van der Waals surface area contributed by atoms with Crippen molar-refractivity contribution < 1.29 is 14.6 Å². The minimum absolute atomic E-state index is 0.0819. The minimum Gasteiger partial charge on any atom is -0.618 e. The van der Waals surface area contributed by atoms with Crippen LogP contribution in [-0.4, -0.2) is 42.4 Å². The third-order valence-corrected chi connectivity index (χ3v) is 3.24. The predicted octanol–water partition coefficient (Wildman–Crippen LogP) is 0.0741. The summed E-state index contributed by atoms with van der Waals surface area (Å²) >= 11 is 0. The normalized spacial score (nSPS) is 21.1. The highest BCUT2D eigenvalue weighted by molar-refractivity contribution is 5.03. The lowest BCUT2D eigenvalue weighted by Gasteiger charge is -2.34. The molecule has 2 atom stereocenters. The first kappa shape index (κ1) is 12.3. The Morgan fingerprint density at radius 1 is 1.41 bits per heavy atom. The molecule has 0 spiro atoms. The number of hydrogen-bond acceptors (Lipinski definition) is 4. The fourth-order valence-electron chi connectivity index (χ4n) is 2.10. The first-order valence-electron chi connectivity index (χ1n) is 5.88. The van der Waals surface area contributed by atoms with Crippen molar-refractivity contribution in [2.24, 2.45) is 0 Å². The van der Waals surface area contributed by atoms with Crippen LogP contribution in [0, 0.1) is 5.21 Å². The summed E-state index contributed by atoms with van der Waals surface area (Å²) in [4.78, 5) is 2.14. The van der Waals surface area contributed by atoms with Gasteiger partial charge in [0, 0.05) is 31.3 Å². The zero-order valence-corrected chi connectivity index (χ0v) is 9.95. The van der Waals surface area contributed by atoms with Crippen LogP contribution in [0.25, 0.3) is 0 Å². The van der Waals surface area contributed by atoms with Gasteiger partial charge in [-0.1, -0.05) is 0 Å². The zero-order chi connectivity index (χ0) is 12.3. The fourth-order valence-corrected chi connectivity index (χ4v) is 2.10. The molecule has 2 heterocycles. The van der Waals surface area contributed by atoms with Crippen LogP contribution in [0.4, 0.5) is 0 Å². The maximum Gasteiger partial charge on any atom is 0.222 e. The lowest BCUT2D eigenvalue weighted by Crippen LogP contribution is -2.47. The van der Waals surface area contributed by atoms with E-state index in [-0.39, 0.29) is 6.04 Å². The van der Waals surface area contributed by atoms with Gasteiger partial charge >= 0.3 is 0 Å². The number of hydrogen-bond donors (Lipinski definition) is 1. The molecular weight excluding hydrogens is 220 g/mol. The Bertz CT molecular complexity index is 367. The van der Waals surface area contributed by atoms with Gasteiger partial charge in [-0.2, -0.15) is 4.73 Å². The highest BCUT2D eigenvalue weighted by Crippen LogP contribution is 2.18. The summed E-state index contributed by atoms with van der Waals surface area (Å²) in [5.74, 6) is 0. The van der Waals surface area contributed by atoms with E-state index in [2.05, 4.69) is 4.90 Å². The zero-order valence-electron chi connectivity index (χ0n) is 9.95. The third-order valence-electron chi connectivity index (χ3n) is 3.24. The van der Waals surface area contributed by atoms with Gasteiger partial charge in [-0.15, -0.1) is 0 Å². The van der Waals surface area contributed by atoms with Gasteiger partial charge in [0.05, 0.1) is 13.2 Å². The molecular formula is C12H18N2O3. The average Bonchev–Trinajstić information content (AvgIpc) is 2.39. The molecule has 1 aliphatic heterocycles. The quantitative estimate of drug-likeness (QED) is 0.598. The molecule has 0 saturated carbocycles. The molecule has 2 rings (SSSR count). The molecule has 17 heavy (non-hydrogen) atoms. The molecule has 0 bridgehead atoms. The molecule has 0 aromatic carbocycles. The molecule has 1 N–H and O–H groups in total. The number of aliphatic hydroxyl groups is 1. The monoisotopic (exact) mass is 238 g/mol. The molecule has 5 heteroatoms. The molecule has 0 radical (unpaired) electrons. The Hall–Kier alpha value is -1.17. The number of nitrogens with zero attached hydrogens (tertiary/aromatic N) is 2. The third kappa shape index (κ3) is 2.74. The van der Waals surface area contributed by atoms with Crippen LogP contribution in [0.1, 0.15) is 18.7 Å². The van der Waals surface area contributed by atoms with Crippen molar-refractivity contribution >= 4 is 0 Å². The SMILES string of the molecule is C[C@@H]([C@@H](O)c1cccc[n+]1[O-])N1CCOCC1. The van der Waals surface area contributed by atoms with Crippen molar-refractivity contribution in [1.29, 1.82) is 0 Å². The number of aromatic nitrogens is 1. The molecule has 94 valence electrons. The molecule has 1 aromatic rings. The minimum atomic E-state index is -0.771. The van der Waals surface area contributed by atoms with E-state index >= 15 is 0 Å². The van der Waals surface area contributed by atoms with Crippen molar-refractivity contribution in [2.75, 3.05) is 26.3 Å². The van der Waals surface area contributed by atoms with E-state index in [0.717, 1.165) is 17.8 Å². The fraction of sp³-hybridized carbons (Fsp3) is 0.583. The highest BCUT2D eigenvalue weighted by Gasteiger charge is 2.28. The predicted molar refractivity (Wildman–Crippen MR) is 62.2 cm³/mol. The molecule has 0 aliphatic carbocycles. The summed E-state index contributed by atoms with van der Waals surface area (Å²) in [6, 6.07) is 5.00. The summed E-state index contributed by atoms with van der Waals surface area (Å²) in [6.07, 6.45) is 0.636. The summed E-state index contributed by atoms with van der Waals surface area (Å²) in [5.41, 5.74) is 0.395. The molecule has 1 aromatic heterocycles. The Kier molecular flexibility index (Phi) is 3.93. The number of morpholine rings is 1. The van der Waals surface area contributed by atoms with Crippen LogP contribution in [0.3, 0.4) is 0 Å². The first-order chi connectivity index (χ1) is 8.20. The average molecular weight is 238 g/mol. The Morgan fingerprint density at radius 3 is 2.76 bits per heavy atom. The van der Waals surface area contributed by atoms with Gasteiger partial charge in [0.25, 0.3) is 0 Å². The van der Waals surface area contributed by atoms with Crippen LogP contribution in [0.2, 0.25) is 0 Å². The lowest BCUT2D eigenvalue weighted by atomic mass is 10.1. The van der Waals surface area contributed by atoms with E-state index < -0.39 is 6.10 Å². The van der Waals surface area contributed by atoms with Crippen LogP contribution in [-0.2, 0) is 4.74 Å². The van der Waals surface area contributed by atoms with Crippen molar-refractivity contribution in [3.8, 4) is 0 Å². The Balaban J connectivity index is 2.08. The van der Waals surface area contributed by atoms with Crippen LogP contribution in [0.5, 0.6) is 0 Å². The van der Waals surface area contributed by atoms with E-state index in [1.165, 1.54) is 6.20 Å². The lowest BCUT2D eigenvalue weighted by molar-refractivity contribution is -0.619. The van der Waals surface area contributed by atoms with E-state index in [1.54, 1.807) is 18.2 Å². The van der Waals surface area contributed by atoms with Crippen LogP contribution in [0.15, 0.2) is 24.4 Å². The second-order valence-corrected chi connectivity index (χ2v) is 4.29. The molecule has 0 amide bonds. The second-order valence-electron chi connectivity index (χ2n) is 4.29. The van der Waals surface area contributed by atoms with Gasteiger partial charge in [0.2, 0.25) is 5.69 Å². The largest absolute Gasteiger partial charge is 0.618 e. The van der Waals surface area contributed by atoms with E-state index in [9.17, 15) is 10.3 Å². The number of rotatable bonds is 3. The Morgan fingerprint density at radius 2 is 2.12 bits per heavy atom. The second kappa shape index (κ2) is 5.44. The van der Waals surface area contributed by atoms with Crippen molar-refractivity contribution in [1.82, 2.24) is 4.90 Å². The number of pyridine rings is 1. The summed E-state index contributed by atoms with van der Waals surface area (Å²) in [7, 11) is 0. The smallest absolute Gasteiger partial charge is 0.222 e. The van der Waals surface area contributed by atoms with Crippen LogP contribution >= 0.6 is 0 Å². The highest BCUT2D eigenvalue weighted by atomic mass is 16.5. The summed E-state index contributed by atoms with van der Waals surface area (Å²) in [5, 5.41) is 21.8. The molecule has 1 aliphatic rings. The first-order valence-corrected chi connectivity index (χ1v) is 5.88. The number of aliphatic hydroxyl groups excluding tert-OH is 1. The number of ether oxygens (including phenoxy) is 1. The topological polar surface area (TPSA) is 59.6 Å². The standard InChI is InChI=1S/C12H18N2O3/c1-10(13-6-8-17-9-7-13)12(15)11-4-2-3-5-14(11)16/h2-5,10,12,15H,6-9H2,1H3/t10-,12+/m0/s1. The van der Waals surface area contributed by atoms with E-state index in [4.69, 9.17) is 4.74 Å². The molecule has 1 fully saturated rings. The van der Waals surface area contributed by atoms with Gasteiger partial charge in [-0.05, 0) is 13.0 Å². The van der Waals surface area contributed by atoms with Gasteiger partial charge < -0.3 is 15.1 Å². The van der Waals surface area contributed by atoms with Gasteiger partial charge in [-0.3, -0.25) is 4.90 Å². The van der Waals surface area contributed by atoms with Gasteiger partial charge in [0.1, 0.15) is 0 Å². The van der Waals surface area contributed by atoms with E-state index in [0.29, 0.717) is 18.9 Å². The van der Waals surface area contributed by atoms with Gasteiger partial charge in [0.15, 0.2) is 12.3 Å². The molecule has 1 saturated heterocycles.